The van der Waals surface area contributed by atoms with E-state index in [2.05, 4.69) is 6.92 Å². The van der Waals surface area contributed by atoms with Crippen LogP contribution in [0, 0.1) is 0 Å². The second-order valence-electron chi connectivity index (χ2n) is 6.69. The minimum Gasteiger partial charge on any atom is -0.477 e. The van der Waals surface area contributed by atoms with Crippen LogP contribution < -0.4 is 4.90 Å². The number of carboxylic acids is 1. The number of aromatic carboxylic acids is 1. The molecule has 0 aliphatic carbocycles. The van der Waals surface area contributed by atoms with E-state index in [0.29, 0.717) is 18.7 Å². The predicted octanol–water partition coefficient (Wildman–Crippen LogP) is 4.52. The fourth-order valence-electron chi connectivity index (χ4n) is 3.93. The van der Waals surface area contributed by atoms with Gasteiger partial charge in [-0.1, -0.05) is 43.3 Å². The molecule has 0 aliphatic heterocycles. The van der Waals surface area contributed by atoms with Crippen LogP contribution in [0.4, 0.5) is 5.69 Å². The molecule has 0 atom stereocenters. The molecule has 1 heterocycles. The molecule has 3 aromatic rings. The molecule has 1 aromatic heterocycles. The van der Waals surface area contributed by atoms with Gasteiger partial charge in [0.25, 0.3) is 0 Å². The zero-order valence-electron chi connectivity index (χ0n) is 16.6. The van der Waals surface area contributed by atoms with E-state index in [1.165, 1.54) is 0 Å². The average molecular weight is 378 g/mol. The van der Waals surface area contributed by atoms with Gasteiger partial charge in [-0.25, -0.2) is 4.79 Å². The SMILES string of the molecule is CCc1ccccc1N(CC)C(=O)Cc1c(C(=O)O)n(CC)c2ccccc12. The Hall–Kier alpha value is -3.08. The number of para-hydroxylation sites is 2. The summed E-state index contributed by atoms with van der Waals surface area (Å²) in [7, 11) is 0. The number of carbonyl (C=O) groups is 2. The Labute approximate surface area is 165 Å². The lowest BCUT2D eigenvalue weighted by atomic mass is 10.0. The standard InChI is InChI=1S/C23H26N2O3/c1-4-16-11-7-9-13-19(16)24(5-2)21(26)15-18-17-12-8-10-14-20(17)25(6-3)22(18)23(27)28/h7-14H,4-6,15H2,1-3H3,(H,27,28). The molecule has 0 saturated heterocycles. The van der Waals surface area contributed by atoms with Crippen molar-refractivity contribution in [3.63, 3.8) is 0 Å². The summed E-state index contributed by atoms with van der Waals surface area (Å²) in [6, 6.07) is 15.4. The molecule has 5 heteroatoms. The molecular weight excluding hydrogens is 352 g/mol. The van der Waals surface area contributed by atoms with Crippen molar-refractivity contribution in [3.8, 4) is 0 Å². The molecule has 0 radical (unpaired) electrons. The number of amides is 1. The van der Waals surface area contributed by atoms with E-state index in [1.807, 2.05) is 62.4 Å². The third-order valence-electron chi connectivity index (χ3n) is 5.20. The highest BCUT2D eigenvalue weighted by Crippen LogP contribution is 2.29. The number of likely N-dealkylation sites (N-methyl/N-ethyl adjacent to an activating group) is 1. The van der Waals surface area contributed by atoms with Crippen LogP contribution in [0.25, 0.3) is 10.9 Å². The van der Waals surface area contributed by atoms with Gasteiger partial charge in [0, 0.05) is 35.2 Å². The van der Waals surface area contributed by atoms with Crippen LogP contribution in [-0.4, -0.2) is 28.1 Å². The highest BCUT2D eigenvalue weighted by molar-refractivity contribution is 6.03. The molecule has 0 aliphatic rings. The Morgan fingerprint density at radius 2 is 1.68 bits per heavy atom. The summed E-state index contributed by atoms with van der Waals surface area (Å²) in [5, 5.41) is 10.7. The first-order valence-corrected chi connectivity index (χ1v) is 9.75. The Morgan fingerprint density at radius 1 is 1.00 bits per heavy atom. The minimum absolute atomic E-state index is 0.0566. The largest absolute Gasteiger partial charge is 0.477 e. The predicted molar refractivity (Wildman–Crippen MR) is 112 cm³/mol. The molecule has 146 valence electrons. The number of benzene rings is 2. The van der Waals surface area contributed by atoms with Gasteiger partial charge in [0.05, 0.1) is 6.42 Å². The second kappa shape index (κ2) is 8.30. The maximum absolute atomic E-state index is 13.3. The van der Waals surface area contributed by atoms with Crippen molar-refractivity contribution in [3.05, 3.63) is 65.4 Å². The Balaban J connectivity index is 2.07. The van der Waals surface area contributed by atoms with Gasteiger partial charge >= 0.3 is 5.97 Å². The van der Waals surface area contributed by atoms with Gasteiger partial charge in [-0.15, -0.1) is 0 Å². The number of carbonyl (C=O) groups excluding carboxylic acids is 1. The summed E-state index contributed by atoms with van der Waals surface area (Å²) in [6.07, 6.45) is 0.885. The minimum atomic E-state index is -1.00. The first-order chi connectivity index (χ1) is 13.5. The van der Waals surface area contributed by atoms with Crippen LogP contribution in [0.15, 0.2) is 48.5 Å². The Bertz CT molecular complexity index is 1020. The van der Waals surface area contributed by atoms with Crippen LogP contribution in [0.3, 0.4) is 0 Å². The molecule has 1 amide bonds. The highest BCUT2D eigenvalue weighted by atomic mass is 16.4. The number of aromatic nitrogens is 1. The van der Waals surface area contributed by atoms with Crippen LogP contribution in [-0.2, 0) is 24.2 Å². The van der Waals surface area contributed by atoms with E-state index in [4.69, 9.17) is 0 Å². The number of aryl methyl sites for hydroxylation is 2. The molecule has 0 unspecified atom stereocenters. The molecule has 28 heavy (non-hydrogen) atoms. The quantitative estimate of drug-likeness (QED) is 0.658. The molecule has 0 bridgehead atoms. The molecule has 0 saturated carbocycles. The summed E-state index contributed by atoms with van der Waals surface area (Å²) in [5.74, 6) is -1.09. The zero-order valence-corrected chi connectivity index (χ0v) is 16.6. The van der Waals surface area contributed by atoms with Crippen molar-refractivity contribution < 1.29 is 14.7 Å². The van der Waals surface area contributed by atoms with Gasteiger partial charge < -0.3 is 14.6 Å². The highest BCUT2D eigenvalue weighted by Gasteiger charge is 2.25. The average Bonchev–Trinajstić information content (AvgIpc) is 3.02. The lowest BCUT2D eigenvalue weighted by molar-refractivity contribution is -0.117. The van der Waals surface area contributed by atoms with E-state index in [0.717, 1.165) is 28.6 Å². The molecule has 3 rings (SSSR count). The number of anilines is 1. The van der Waals surface area contributed by atoms with Crippen LogP contribution in [0.5, 0.6) is 0 Å². The fourth-order valence-corrected chi connectivity index (χ4v) is 3.93. The van der Waals surface area contributed by atoms with E-state index in [9.17, 15) is 14.7 Å². The third-order valence-corrected chi connectivity index (χ3v) is 5.20. The van der Waals surface area contributed by atoms with Gasteiger partial charge in [-0.05, 0) is 38.0 Å². The van der Waals surface area contributed by atoms with Crippen molar-refractivity contribution in [2.45, 2.75) is 40.2 Å². The molecule has 5 nitrogen and oxygen atoms in total. The zero-order chi connectivity index (χ0) is 20.3. The summed E-state index contributed by atoms with van der Waals surface area (Å²) in [4.78, 5) is 27.0. The lowest BCUT2D eigenvalue weighted by Crippen LogP contribution is -2.33. The van der Waals surface area contributed by atoms with E-state index >= 15 is 0 Å². The van der Waals surface area contributed by atoms with Gasteiger partial charge in [-0.3, -0.25) is 4.79 Å². The van der Waals surface area contributed by atoms with Gasteiger partial charge in [0.1, 0.15) is 5.69 Å². The smallest absolute Gasteiger partial charge is 0.352 e. The Kier molecular flexibility index (Phi) is 5.83. The lowest BCUT2D eigenvalue weighted by Gasteiger charge is -2.24. The first-order valence-electron chi connectivity index (χ1n) is 9.75. The number of rotatable bonds is 7. The maximum atomic E-state index is 13.3. The monoisotopic (exact) mass is 378 g/mol. The molecule has 0 spiro atoms. The van der Waals surface area contributed by atoms with Gasteiger partial charge in [0.15, 0.2) is 0 Å². The van der Waals surface area contributed by atoms with Crippen LogP contribution in [0.1, 0.15) is 42.4 Å². The summed E-state index contributed by atoms with van der Waals surface area (Å²) < 4.78 is 1.77. The molecular formula is C23H26N2O3. The van der Waals surface area contributed by atoms with Gasteiger partial charge in [-0.2, -0.15) is 0 Å². The summed E-state index contributed by atoms with van der Waals surface area (Å²) >= 11 is 0. The number of hydrogen-bond acceptors (Lipinski definition) is 2. The molecule has 2 aromatic carbocycles. The number of nitrogens with zero attached hydrogens (tertiary/aromatic N) is 2. The van der Waals surface area contributed by atoms with E-state index in [1.54, 1.807) is 9.47 Å². The number of fused-ring (bicyclic) bond motifs is 1. The second-order valence-corrected chi connectivity index (χ2v) is 6.69. The Morgan fingerprint density at radius 3 is 2.32 bits per heavy atom. The van der Waals surface area contributed by atoms with E-state index in [-0.39, 0.29) is 18.0 Å². The molecule has 0 fully saturated rings. The van der Waals surface area contributed by atoms with Crippen molar-refractivity contribution in [1.82, 2.24) is 4.57 Å². The van der Waals surface area contributed by atoms with Gasteiger partial charge in [0.2, 0.25) is 5.91 Å². The fraction of sp³-hybridized carbons (Fsp3) is 0.304. The van der Waals surface area contributed by atoms with Crippen molar-refractivity contribution in [2.75, 3.05) is 11.4 Å². The first kappa shape index (κ1) is 19.7. The van der Waals surface area contributed by atoms with Crippen LogP contribution in [0.2, 0.25) is 0 Å². The van der Waals surface area contributed by atoms with Crippen LogP contribution >= 0.6 is 0 Å². The maximum Gasteiger partial charge on any atom is 0.352 e. The van der Waals surface area contributed by atoms with Crippen molar-refractivity contribution in [2.24, 2.45) is 0 Å². The van der Waals surface area contributed by atoms with Crippen molar-refractivity contribution >= 4 is 28.5 Å². The summed E-state index contributed by atoms with van der Waals surface area (Å²) in [5.41, 5.74) is 3.64. The third kappa shape index (κ3) is 3.40. The van der Waals surface area contributed by atoms with E-state index < -0.39 is 5.97 Å². The number of carboxylic acid groups (broad SMARTS) is 1. The normalized spacial score (nSPS) is 11.0. The number of hydrogen-bond donors (Lipinski definition) is 1. The molecule has 1 N–H and O–H groups in total. The topological polar surface area (TPSA) is 62.5 Å². The summed E-state index contributed by atoms with van der Waals surface area (Å²) in [6.45, 7) is 6.99. The van der Waals surface area contributed by atoms with Crippen molar-refractivity contribution in [1.29, 1.82) is 0 Å².